The van der Waals surface area contributed by atoms with E-state index in [1.807, 2.05) is 23.1 Å². The van der Waals surface area contributed by atoms with Gasteiger partial charge in [0.05, 0.1) is 11.6 Å². The lowest BCUT2D eigenvalue weighted by Crippen LogP contribution is -2.42. The van der Waals surface area contributed by atoms with E-state index in [0.717, 1.165) is 12.8 Å². The fraction of sp³-hybridized carbons (Fsp3) is 0.625. The molecule has 2 rings (SSSR count). The van der Waals surface area contributed by atoms with Gasteiger partial charge in [0.15, 0.2) is 0 Å². The molecule has 1 aromatic carbocycles. The first kappa shape index (κ1) is 26.8. The van der Waals surface area contributed by atoms with E-state index in [9.17, 15) is 14.4 Å². The van der Waals surface area contributed by atoms with E-state index >= 15 is 0 Å². The van der Waals surface area contributed by atoms with Gasteiger partial charge in [-0.2, -0.15) is 0 Å². The van der Waals surface area contributed by atoms with Crippen molar-refractivity contribution in [1.82, 2.24) is 15.5 Å². The molecule has 8 nitrogen and oxygen atoms in total. The van der Waals surface area contributed by atoms with Crippen molar-refractivity contribution in [3.63, 3.8) is 0 Å². The van der Waals surface area contributed by atoms with Crippen LogP contribution in [0, 0.1) is 5.92 Å². The number of likely N-dealkylation sites (tertiary alicyclic amines) is 1. The Balaban J connectivity index is 1.54. The average Bonchev–Trinajstić information content (AvgIpc) is 2.75. The molecule has 0 aliphatic carbocycles. The molecule has 1 saturated heterocycles. The van der Waals surface area contributed by atoms with Crippen LogP contribution in [0.4, 0.5) is 4.79 Å². The van der Waals surface area contributed by atoms with Gasteiger partial charge in [-0.05, 0) is 58.1 Å². The van der Waals surface area contributed by atoms with Crippen LogP contribution in [0.1, 0.15) is 52.9 Å². The minimum absolute atomic E-state index is 0.108. The SMILES string of the molecule is CC(C)(C)OC(=O)NCCC(=O)NCC1CCN(C(=O)CCCOc2ccccc2Cl)CC1. The lowest BCUT2D eigenvalue weighted by molar-refractivity contribution is -0.133. The Morgan fingerprint density at radius 3 is 2.45 bits per heavy atom. The van der Waals surface area contributed by atoms with Crippen LogP contribution < -0.4 is 15.4 Å². The van der Waals surface area contributed by atoms with Crippen molar-refractivity contribution in [3.05, 3.63) is 29.3 Å². The number of nitrogens with one attached hydrogen (secondary N) is 2. The molecule has 2 N–H and O–H groups in total. The Morgan fingerprint density at radius 2 is 1.79 bits per heavy atom. The molecule has 9 heteroatoms. The summed E-state index contributed by atoms with van der Waals surface area (Å²) in [6.07, 6.45) is 2.47. The fourth-order valence-electron chi connectivity index (χ4n) is 3.45. The van der Waals surface area contributed by atoms with E-state index in [1.165, 1.54) is 0 Å². The summed E-state index contributed by atoms with van der Waals surface area (Å²) < 4.78 is 10.8. The minimum Gasteiger partial charge on any atom is -0.492 e. The second-order valence-electron chi connectivity index (χ2n) is 9.19. The quantitative estimate of drug-likeness (QED) is 0.496. The number of carbonyl (C=O) groups is 3. The summed E-state index contributed by atoms with van der Waals surface area (Å²) in [5.41, 5.74) is -0.563. The Labute approximate surface area is 201 Å². The van der Waals surface area contributed by atoms with Gasteiger partial charge in [0.25, 0.3) is 0 Å². The predicted octanol–water partition coefficient (Wildman–Crippen LogP) is 3.77. The molecule has 0 unspecified atom stereocenters. The first-order valence-corrected chi connectivity index (χ1v) is 11.9. The van der Waals surface area contributed by atoms with E-state index in [1.54, 1.807) is 26.8 Å². The van der Waals surface area contributed by atoms with Crippen molar-refractivity contribution in [2.45, 2.75) is 58.5 Å². The number of piperidine rings is 1. The van der Waals surface area contributed by atoms with Crippen molar-refractivity contribution in [2.75, 3.05) is 32.8 Å². The summed E-state index contributed by atoms with van der Waals surface area (Å²) in [6.45, 7) is 8.02. The molecule has 0 atom stereocenters. The van der Waals surface area contributed by atoms with Crippen LogP contribution in [0.2, 0.25) is 5.02 Å². The second-order valence-corrected chi connectivity index (χ2v) is 9.60. The number of amides is 3. The van der Waals surface area contributed by atoms with E-state index < -0.39 is 11.7 Å². The highest BCUT2D eigenvalue weighted by Gasteiger charge is 2.23. The highest BCUT2D eigenvalue weighted by atomic mass is 35.5. The Morgan fingerprint density at radius 1 is 1.09 bits per heavy atom. The Kier molecular flexibility index (Phi) is 10.8. The minimum atomic E-state index is -0.563. The zero-order valence-corrected chi connectivity index (χ0v) is 20.6. The van der Waals surface area contributed by atoms with Gasteiger partial charge in [0, 0.05) is 39.0 Å². The maximum absolute atomic E-state index is 12.4. The smallest absolute Gasteiger partial charge is 0.407 e. The molecular weight excluding hydrogens is 446 g/mol. The number of para-hydroxylation sites is 1. The largest absolute Gasteiger partial charge is 0.492 e. The molecule has 1 heterocycles. The van der Waals surface area contributed by atoms with E-state index in [0.29, 0.717) is 55.8 Å². The van der Waals surface area contributed by atoms with E-state index in [2.05, 4.69) is 10.6 Å². The topological polar surface area (TPSA) is 97.0 Å². The maximum Gasteiger partial charge on any atom is 0.407 e. The number of halogens is 1. The van der Waals surface area contributed by atoms with Crippen LogP contribution in [0.25, 0.3) is 0 Å². The second kappa shape index (κ2) is 13.3. The predicted molar refractivity (Wildman–Crippen MR) is 127 cm³/mol. The van der Waals surface area contributed by atoms with Crippen molar-refractivity contribution in [3.8, 4) is 5.75 Å². The molecule has 1 aromatic rings. The van der Waals surface area contributed by atoms with Gasteiger partial charge in [-0.15, -0.1) is 0 Å². The van der Waals surface area contributed by atoms with Crippen LogP contribution in [-0.4, -0.2) is 61.2 Å². The van der Waals surface area contributed by atoms with Gasteiger partial charge in [-0.25, -0.2) is 4.79 Å². The van der Waals surface area contributed by atoms with Gasteiger partial charge in [0.2, 0.25) is 11.8 Å². The van der Waals surface area contributed by atoms with Crippen molar-refractivity contribution in [1.29, 1.82) is 0 Å². The summed E-state index contributed by atoms with van der Waals surface area (Å²) in [5, 5.41) is 6.06. The number of nitrogens with zero attached hydrogens (tertiary/aromatic N) is 1. The number of benzene rings is 1. The Hall–Kier alpha value is -2.48. The summed E-state index contributed by atoms with van der Waals surface area (Å²) in [5.74, 6) is 1.01. The molecule has 0 saturated carbocycles. The van der Waals surface area contributed by atoms with Crippen LogP contribution >= 0.6 is 11.6 Å². The zero-order valence-electron chi connectivity index (χ0n) is 19.8. The molecule has 1 aliphatic heterocycles. The normalized spacial score (nSPS) is 14.5. The summed E-state index contributed by atoms with van der Waals surface area (Å²) in [6, 6.07) is 7.29. The van der Waals surface area contributed by atoms with Gasteiger partial charge in [-0.1, -0.05) is 23.7 Å². The monoisotopic (exact) mass is 481 g/mol. The fourth-order valence-corrected chi connectivity index (χ4v) is 3.64. The van der Waals surface area contributed by atoms with Crippen LogP contribution in [-0.2, 0) is 14.3 Å². The van der Waals surface area contributed by atoms with Crippen molar-refractivity contribution >= 4 is 29.5 Å². The number of alkyl carbamates (subject to hydrolysis) is 1. The molecule has 33 heavy (non-hydrogen) atoms. The van der Waals surface area contributed by atoms with Crippen molar-refractivity contribution in [2.24, 2.45) is 5.92 Å². The highest BCUT2D eigenvalue weighted by Crippen LogP contribution is 2.23. The molecule has 0 spiro atoms. The highest BCUT2D eigenvalue weighted by molar-refractivity contribution is 6.32. The first-order valence-electron chi connectivity index (χ1n) is 11.5. The summed E-state index contributed by atoms with van der Waals surface area (Å²) >= 11 is 6.06. The van der Waals surface area contributed by atoms with Gasteiger partial charge in [-0.3, -0.25) is 9.59 Å². The number of hydrogen-bond acceptors (Lipinski definition) is 5. The standard InChI is InChI=1S/C24H36ClN3O5/c1-24(2,3)33-23(31)26-13-10-21(29)27-17-18-11-14-28(15-12-18)22(30)9-6-16-32-20-8-5-4-7-19(20)25/h4-5,7-8,18H,6,9-17H2,1-3H3,(H,26,31)(H,27,29). The molecule has 1 aliphatic rings. The van der Waals surface area contributed by atoms with Crippen LogP contribution in [0.15, 0.2) is 24.3 Å². The lowest BCUT2D eigenvalue weighted by atomic mass is 9.96. The number of hydrogen-bond donors (Lipinski definition) is 2. The number of carbonyl (C=O) groups excluding carboxylic acids is 3. The molecular formula is C24H36ClN3O5. The third-order valence-corrected chi connectivity index (χ3v) is 5.52. The van der Waals surface area contributed by atoms with Crippen LogP contribution in [0.3, 0.4) is 0 Å². The first-order chi connectivity index (χ1) is 15.6. The average molecular weight is 482 g/mol. The number of rotatable bonds is 10. The third kappa shape index (κ3) is 10.8. The molecule has 0 bridgehead atoms. The number of ether oxygens (including phenoxy) is 2. The van der Waals surface area contributed by atoms with Gasteiger partial charge >= 0.3 is 6.09 Å². The van der Waals surface area contributed by atoms with Crippen molar-refractivity contribution < 1.29 is 23.9 Å². The molecule has 1 fully saturated rings. The van der Waals surface area contributed by atoms with E-state index in [-0.39, 0.29) is 24.8 Å². The summed E-state index contributed by atoms with van der Waals surface area (Å²) in [7, 11) is 0. The lowest BCUT2D eigenvalue weighted by Gasteiger charge is -2.32. The molecule has 184 valence electrons. The van der Waals surface area contributed by atoms with Crippen LogP contribution in [0.5, 0.6) is 5.75 Å². The molecule has 3 amide bonds. The Bertz CT molecular complexity index is 789. The third-order valence-electron chi connectivity index (χ3n) is 5.20. The maximum atomic E-state index is 12.4. The molecule has 0 aromatic heterocycles. The summed E-state index contributed by atoms with van der Waals surface area (Å²) in [4.78, 5) is 37.9. The van der Waals surface area contributed by atoms with Gasteiger partial charge < -0.3 is 25.0 Å². The molecule has 0 radical (unpaired) electrons. The van der Waals surface area contributed by atoms with E-state index in [4.69, 9.17) is 21.1 Å². The van der Waals surface area contributed by atoms with Gasteiger partial charge in [0.1, 0.15) is 11.4 Å². The zero-order chi connectivity index (χ0) is 24.3.